The van der Waals surface area contributed by atoms with Gasteiger partial charge < -0.3 is 0 Å². The molecule has 1 aromatic heterocycles. The molecule has 3 rings (SSSR count). The van der Waals surface area contributed by atoms with Gasteiger partial charge in [0.05, 0.1) is 5.52 Å². The minimum atomic E-state index is -0.314. The zero-order valence-electron chi connectivity index (χ0n) is 11.4. The van der Waals surface area contributed by atoms with E-state index in [-0.39, 0.29) is 5.82 Å². The number of benzene rings is 2. The third kappa shape index (κ3) is 2.47. The van der Waals surface area contributed by atoms with E-state index >= 15 is 0 Å². The summed E-state index contributed by atoms with van der Waals surface area (Å²) in [7, 11) is 0. The average molecular weight is 321 g/mol. The van der Waals surface area contributed by atoms with Gasteiger partial charge in [-0.15, -0.1) is 0 Å². The van der Waals surface area contributed by atoms with Crippen LogP contribution in [0.4, 0.5) is 4.39 Å². The van der Waals surface area contributed by atoms with Crippen molar-refractivity contribution < 1.29 is 4.39 Å². The molecular weight excluding hydrogens is 310 g/mol. The maximum absolute atomic E-state index is 13.7. The normalized spacial score (nSPS) is 11.1. The Kier molecular flexibility index (Phi) is 3.56. The van der Waals surface area contributed by atoms with Gasteiger partial charge in [-0.05, 0) is 37.1 Å². The van der Waals surface area contributed by atoms with Crippen molar-refractivity contribution in [2.75, 3.05) is 0 Å². The minimum Gasteiger partial charge on any atom is -0.228 e. The monoisotopic (exact) mass is 320 g/mol. The van der Waals surface area contributed by atoms with E-state index in [0.29, 0.717) is 32.5 Å². The Labute approximate surface area is 131 Å². The summed E-state index contributed by atoms with van der Waals surface area (Å²) in [5.74, 6) is 0.127. The highest BCUT2D eigenvalue weighted by Crippen LogP contribution is 2.30. The summed E-state index contributed by atoms with van der Waals surface area (Å²) in [6, 6.07) is 8.51. The Morgan fingerprint density at radius 2 is 1.81 bits per heavy atom. The van der Waals surface area contributed by atoms with E-state index in [0.717, 1.165) is 11.1 Å². The number of fused-ring (bicyclic) bond motifs is 1. The summed E-state index contributed by atoms with van der Waals surface area (Å²) >= 11 is 12.3. The van der Waals surface area contributed by atoms with Crippen LogP contribution in [0.2, 0.25) is 10.2 Å². The fourth-order valence-corrected chi connectivity index (χ4v) is 2.60. The van der Waals surface area contributed by atoms with Gasteiger partial charge in [0, 0.05) is 22.0 Å². The molecule has 0 bridgehead atoms. The van der Waals surface area contributed by atoms with Gasteiger partial charge in [-0.25, -0.2) is 14.4 Å². The van der Waals surface area contributed by atoms with Gasteiger partial charge in [-0.1, -0.05) is 35.3 Å². The first-order valence-corrected chi connectivity index (χ1v) is 7.12. The zero-order valence-corrected chi connectivity index (χ0v) is 12.9. The molecule has 2 nitrogen and oxygen atoms in total. The van der Waals surface area contributed by atoms with Crippen molar-refractivity contribution in [2.45, 2.75) is 13.8 Å². The van der Waals surface area contributed by atoms with Gasteiger partial charge in [-0.3, -0.25) is 0 Å². The lowest BCUT2D eigenvalue weighted by atomic mass is 10.1. The van der Waals surface area contributed by atoms with Gasteiger partial charge in [-0.2, -0.15) is 0 Å². The molecule has 0 fully saturated rings. The van der Waals surface area contributed by atoms with Crippen molar-refractivity contribution in [3.8, 4) is 11.4 Å². The molecule has 106 valence electrons. The van der Waals surface area contributed by atoms with Gasteiger partial charge in [0.1, 0.15) is 11.0 Å². The van der Waals surface area contributed by atoms with E-state index in [4.69, 9.17) is 23.2 Å². The molecule has 0 aliphatic carbocycles. The molecule has 0 spiro atoms. The molecule has 0 saturated heterocycles. The third-order valence-corrected chi connectivity index (χ3v) is 4.14. The Bertz CT molecular complexity index is 863. The largest absolute Gasteiger partial charge is 0.228 e. The van der Waals surface area contributed by atoms with Crippen molar-refractivity contribution in [3.05, 3.63) is 57.5 Å². The first-order chi connectivity index (χ1) is 9.97. The van der Waals surface area contributed by atoms with Crippen molar-refractivity contribution in [1.29, 1.82) is 0 Å². The lowest BCUT2D eigenvalue weighted by molar-refractivity contribution is 0.620. The maximum atomic E-state index is 13.7. The molecule has 5 heteroatoms. The number of rotatable bonds is 1. The Morgan fingerprint density at radius 1 is 1.05 bits per heavy atom. The first kappa shape index (κ1) is 14.2. The second-order valence-electron chi connectivity index (χ2n) is 4.87. The number of hydrogen-bond acceptors (Lipinski definition) is 2. The summed E-state index contributed by atoms with van der Waals surface area (Å²) in [4.78, 5) is 8.73. The number of aromatic nitrogens is 2. The molecule has 0 saturated carbocycles. The Hall–Kier alpha value is -1.71. The van der Waals surface area contributed by atoms with Crippen molar-refractivity contribution >= 4 is 34.1 Å². The number of aryl methyl sites for hydroxylation is 1. The SMILES string of the molecule is Cc1cc2c(Cl)nc(-c3cccc(Cl)c3C)nc2cc1F. The molecule has 3 aromatic rings. The van der Waals surface area contributed by atoms with Gasteiger partial charge in [0.25, 0.3) is 0 Å². The predicted molar refractivity (Wildman–Crippen MR) is 84.4 cm³/mol. The lowest BCUT2D eigenvalue weighted by Gasteiger charge is -2.09. The molecule has 0 aliphatic rings. The predicted octanol–water partition coefficient (Wildman–Crippen LogP) is 5.36. The van der Waals surface area contributed by atoms with Crippen LogP contribution in [0.15, 0.2) is 30.3 Å². The maximum Gasteiger partial charge on any atom is 0.161 e. The van der Waals surface area contributed by atoms with Crippen LogP contribution < -0.4 is 0 Å². The van der Waals surface area contributed by atoms with E-state index < -0.39 is 0 Å². The van der Waals surface area contributed by atoms with Gasteiger partial charge in [0.2, 0.25) is 0 Å². The summed E-state index contributed by atoms with van der Waals surface area (Å²) in [5, 5.41) is 1.57. The molecule has 0 atom stereocenters. The average Bonchev–Trinajstić information content (AvgIpc) is 2.44. The highest BCUT2D eigenvalue weighted by Gasteiger charge is 2.13. The van der Waals surface area contributed by atoms with E-state index in [2.05, 4.69) is 9.97 Å². The highest BCUT2D eigenvalue weighted by molar-refractivity contribution is 6.34. The fraction of sp³-hybridized carbons (Fsp3) is 0.125. The van der Waals surface area contributed by atoms with E-state index in [1.165, 1.54) is 6.07 Å². The van der Waals surface area contributed by atoms with E-state index in [9.17, 15) is 4.39 Å². The minimum absolute atomic E-state index is 0.303. The number of nitrogens with zero attached hydrogens (tertiary/aromatic N) is 2. The molecule has 0 aliphatic heterocycles. The Morgan fingerprint density at radius 3 is 2.57 bits per heavy atom. The molecule has 0 N–H and O–H groups in total. The zero-order chi connectivity index (χ0) is 15.1. The lowest BCUT2D eigenvalue weighted by Crippen LogP contribution is -1.96. The molecule has 2 aromatic carbocycles. The van der Waals surface area contributed by atoms with Crippen LogP contribution in [-0.4, -0.2) is 9.97 Å². The highest BCUT2D eigenvalue weighted by atomic mass is 35.5. The van der Waals surface area contributed by atoms with Crippen LogP contribution in [0, 0.1) is 19.7 Å². The van der Waals surface area contributed by atoms with Crippen LogP contribution in [-0.2, 0) is 0 Å². The molecule has 0 unspecified atom stereocenters. The van der Waals surface area contributed by atoms with Crippen LogP contribution in [0.25, 0.3) is 22.3 Å². The molecular formula is C16H11Cl2FN2. The van der Waals surface area contributed by atoms with Crippen molar-refractivity contribution in [1.82, 2.24) is 9.97 Å². The smallest absolute Gasteiger partial charge is 0.161 e. The van der Waals surface area contributed by atoms with Crippen molar-refractivity contribution in [2.24, 2.45) is 0 Å². The van der Waals surface area contributed by atoms with E-state index in [1.54, 1.807) is 19.1 Å². The summed E-state index contributed by atoms with van der Waals surface area (Å²) in [6.07, 6.45) is 0. The van der Waals surface area contributed by atoms with Crippen molar-refractivity contribution in [3.63, 3.8) is 0 Å². The molecule has 0 amide bonds. The third-order valence-electron chi connectivity index (χ3n) is 3.44. The fourth-order valence-electron chi connectivity index (χ4n) is 2.19. The standard InChI is InChI=1S/C16H11Cl2FN2/c1-8-6-11-14(7-13(8)19)20-16(21-15(11)18)10-4-3-5-12(17)9(10)2/h3-7H,1-2H3. The summed E-state index contributed by atoms with van der Waals surface area (Å²) in [6.45, 7) is 3.56. The molecule has 21 heavy (non-hydrogen) atoms. The quantitative estimate of drug-likeness (QED) is 0.564. The van der Waals surface area contributed by atoms with Crippen LogP contribution in [0.5, 0.6) is 0 Å². The number of hydrogen-bond donors (Lipinski definition) is 0. The molecule has 0 radical (unpaired) electrons. The number of halogens is 3. The Balaban J connectivity index is 2.30. The first-order valence-electron chi connectivity index (χ1n) is 6.36. The van der Waals surface area contributed by atoms with Crippen LogP contribution in [0.1, 0.15) is 11.1 Å². The van der Waals surface area contributed by atoms with Crippen LogP contribution >= 0.6 is 23.2 Å². The van der Waals surface area contributed by atoms with Gasteiger partial charge in [0.15, 0.2) is 5.82 Å². The summed E-state index contributed by atoms with van der Waals surface area (Å²) in [5.41, 5.74) is 2.64. The summed E-state index contributed by atoms with van der Waals surface area (Å²) < 4.78 is 13.7. The van der Waals surface area contributed by atoms with Gasteiger partial charge >= 0.3 is 0 Å². The second-order valence-corrected chi connectivity index (χ2v) is 5.63. The second kappa shape index (κ2) is 5.24. The van der Waals surface area contributed by atoms with Crippen LogP contribution in [0.3, 0.4) is 0 Å². The molecule has 1 heterocycles. The topological polar surface area (TPSA) is 25.8 Å². The van der Waals surface area contributed by atoms with E-state index in [1.807, 2.05) is 19.1 Å².